The third kappa shape index (κ3) is 9.09. The molecule has 0 aliphatic rings. The van der Waals surface area contributed by atoms with Gasteiger partial charge in [-0.1, -0.05) is 0 Å². The maximum atomic E-state index is 11.9. The van der Waals surface area contributed by atoms with Crippen molar-refractivity contribution in [3.63, 3.8) is 0 Å². The molecule has 0 aromatic rings. The van der Waals surface area contributed by atoms with Gasteiger partial charge in [-0.25, -0.2) is 0 Å². The summed E-state index contributed by atoms with van der Waals surface area (Å²) >= 11 is 0. The zero-order chi connectivity index (χ0) is 13.5. The van der Waals surface area contributed by atoms with Crippen molar-refractivity contribution in [1.82, 2.24) is 5.32 Å². The van der Waals surface area contributed by atoms with Crippen molar-refractivity contribution < 1.29 is 9.53 Å². The van der Waals surface area contributed by atoms with Crippen LogP contribution in [0.1, 0.15) is 40.5 Å². The highest BCUT2D eigenvalue weighted by atomic mass is 16.6. The van der Waals surface area contributed by atoms with Crippen LogP contribution >= 0.6 is 0 Å². The van der Waals surface area contributed by atoms with Gasteiger partial charge in [-0.2, -0.15) is 0 Å². The molecule has 17 heavy (non-hydrogen) atoms. The van der Waals surface area contributed by atoms with E-state index in [1.807, 2.05) is 27.7 Å². The molecule has 5 nitrogen and oxygen atoms in total. The molecule has 0 amide bonds. The highest BCUT2D eigenvalue weighted by Crippen LogP contribution is 2.10. The average Bonchev–Trinajstić information content (AvgIpc) is 2.14. The number of nitrogens with one attached hydrogen (secondary N) is 1. The minimum atomic E-state index is -0.464. The lowest BCUT2D eigenvalue weighted by Crippen LogP contribution is -2.45. The molecule has 0 saturated heterocycles. The Bertz CT molecular complexity index is 224. The molecule has 2 atom stereocenters. The predicted octanol–water partition coefficient (Wildman–Crippen LogP) is 0.372. The molecule has 0 aromatic heterocycles. The van der Waals surface area contributed by atoms with Gasteiger partial charge in [0.05, 0.1) is 0 Å². The minimum Gasteiger partial charge on any atom is -0.459 e. The summed E-state index contributed by atoms with van der Waals surface area (Å²) in [5, 5.41) is 3.12. The molecule has 0 aliphatic carbocycles. The fraction of sp³-hybridized carbons (Fsp3) is 0.917. The number of carbonyl (C=O) groups is 1. The smallest absolute Gasteiger partial charge is 0.323 e. The van der Waals surface area contributed by atoms with Gasteiger partial charge in [-0.05, 0) is 47.1 Å². The molecular formula is C12H27N3O2. The molecule has 5 heteroatoms. The Morgan fingerprint density at radius 2 is 2.00 bits per heavy atom. The molecular weight excluding hydrogens is 218 g/mol. The molecule has 2 unspecified atom stereocenters. The van der Waals surface area contributed by atoms with E-state index >= 15 is 0 Å². The van der Waals surface area contributed by atoms with Crippen LogP contribution in [0.4, 0.5) is 0 Å². The Hall–Kier alpha value is -0.650. The molecule has 0 saturated carbocycles. The maximum Gasteiger partial charge on any atom is 0.323 e. The summed E-state index contributed by atoms with van der Waals surface area (Å²) in [6, 6.07) is -0.304. The van der Waals surface area contributed by atoms with Crippen molar-refractivity contribution in [1.29, 1.82) is 0 Å². The standard InChI is InChI=1S/C12H27N3O2/c1-9(14)8-15-10(6-5-7-13)11(16)17-12(2,3)4/h9-10,15H,5-8,13-14H2,1-4H3. The monoisotopic (exact) mass is 245 g/mol. The van der Waals surface area contributed by atoms with E-state index < -0.39 is 5.60 Å². The summed E-state index contributed by atoms with van der Waals surface area (Å²) < 4.78 is 5.35. The molecule has 0 aliphatic heterocycles. The van der Waals surface area contributed by atoms with Gasteiger partial charge in [-0.3, -0.25) is 4.79 Å². The quantitative estimate of drug-likeness (QED) is 0.564. The average molecular weight is 245 g/mol. The highest BCUT2D eigenvalue weighted by Gasteiger charge is 2.24. The van der Waals surface area contributed by atoms with Gasteiger partial charge >= 0.3 is 5.97 Å². The summed E-state index contributed by atoms with van der Waals surface area (Å²) in [5.41, 5.74) is 10.6. The van der Waals surface area contributed by atoms with Crippen LogP contribution < -0.4 is 16.8 Å². The van der Waals surface area contributed by atoms with E-state index in [0.717, 1.165) is 6.42 Å². The Balaban J connectivity index is 4.29. The van der Waals surface area contributed by atoms with E-state index in [9.17, 15) is 4.79 Å². The van der Waals surface area contributed by atoms with Crippen molar-refractivity contribution in [3.05, 3.63) is 0 Å². The number of ether oxygens (including phenoxy) is 1. The van der Waals surface area contributed by atoms with Crippen LogP contribution in [-0.2, 0) is 9.53 Å². The summed E-state index contributed by atoms with van der Waals surface area (Å²) in [6.45, 7) is 8.62. The van der Waals surface area contributed by atoms with Gasteiger partial charge in [0, 0.05) is 12.6 Å². The van der Waals surface area contributed by atoms with Crippen LogP contribution in [-0.4, -0.2) is 36.7 Å². The van der Waals surface area contributed by atoms with Crippen molar-refractivity contribution in [2.24, 2.45) is 11.5 Å². The summed E-state index contributed by atoms with van der Waals surface area (Å²) in [5.74, 6) is -0.230. The molecule has 5 N–H and O–H groups in total. The summed E-state index contributed by atoms with van der Waals surface area (Å²) in [4.78, 5) is 11.9. The maximum absolute atomic E-state index is 11.9. The third-order valence-electron chi connectivity index (χ3n) is 2.07. The first-order chi connectivity index (χ1) is 7.76. The van der Waals surface area contributed by atoms with Gasteiger partial charge in [-0.15, -0.1) is 0 Å². The lowest BCUT2D eigenvalue weighted by atomic mass is 10.1. The zero-order valence-electron chi connectivity index (χ0n) is 11.5. The van der Waals surface area contributed by atoms with Crippen LogP contribution in [0, 0.1) is 0 Å². The van der Waals surface area contributed by atoms with Crippen LogP contribution in [0.2, 0.25) is 0 Å². The van der Waals surface area contributed by atoms with E-state index in [-0.39, 0.29) is 18.1 Å². The lowest BCUT2D eigenvalue weighted by molar-refractivity contribution is -0.157. The second-order valence-electron chi connectivity index (χ2n) is 5.40. The first kappa shape index (κ1) is 16.4. The molecule has 0 radical (unpaired) electrons. The van der Waals surface area contributed by atoms with Crippen LogP contribution in [0.3, 0.4) is 0 Å². The van der Waals surface area contributed by atoms with Crippen molar-refractivity contribution in [3.8, 4) is 0 Å². The molecule has 0 heterocycles. The number of rotatable bonds is 7. The summed E-state index contributed by atoms with van der Waals surface area (Å²) in [6.07, 6.45) is 1.47. The van der Waals surface area contributed by atoms with E-state index in [1.54, 1.807) is 0 Å². The predicted molar refractivity (Wildman–Crippen MR) is 69.6 cm³/mol. The fourth-order valence-corrected chi connectivity index (χ4v) is 1.33. The van der Waals surface area contributed by atoms with Crippen molar-refractivity contribution >= 4 is 5.97 Å². The van der Waals surface area contributed by atoms with Crippen LogP contribution in [0.25, 0.3) is 0 Å². The largest absolute Gasteiger partial charge is 0.459 e. The Labute approximate surface area is 104 Å². The van der Waals surface area contributed by atoms with E-state index in [4.69, 9.17) is 16.2 Å². The second-order valence-corrected chi connectivity index (χ2v) is 5.40. The fourth-order valence-electron chi connectivity index (χ4n) is 1.33. The zero-order valence-corrected chi connectivity index (χ0v) is 11.5. The number of carbonyl (C=O) groups excluding carboxylic acids is 1. The molecule has 0 spiro atoms. The first-order valence-corrected chi connectivity index (χ1v) is 6.18. The number of hydrogen-bond donors (Lipinski definition) is 3. The van der Waals surface area contributed by atoms with Crippen LogP contribution in [0.5, 0.6) is 0 Å². The van der Waals surface area contributed by atoms with Crippen molar-refractivity contribution in [2.75, 3.05) is 13.1 Å². The second kappa shape index (κ2) is 7.63. The lowest BCUT2D eigenvalue weighted by Gasteiger charge is -2.25. The van der Waals surface area contributed by atoms with Gasteiger partial charge in [0.25, 0.3) is 0 Å². The molecule has 102 valence electrons. The first-order valence-electron chi connectivity index (χ1n) is 6.18. The molecule has 0 fully saturated rings. The number of nitrogens with two attached hydrogens (primary N) is 2. The topological polar surface area (TPSA) is 90.4 Å². The minimum absolute atomic E-state index is 0.0119. The summed E-state index contributed by atoms with van der Waals surface area (Å²) in [7, 11) is 0. The van der Waals surface area contributed by atoms with E-state index in [1.165, 1.54) is 0 Å². The Kier molecular flexibility index (Phi) is 7.34. The van der Waals surface area contributed by atoms with E-state index in [0.29, 0.717) is 19.5 Å². The molecule has 0 bridgehead atoms. The highest BCUT2D eigenvalue weighted by molar-refractivity contribution is 5.76. The van der Waals surface area contributed by atoms with Crippen LogP contribution in [0.15, 0.2) is 0 Å². The van der Waals surface area contributed by atoms with Gasteiger partial charge in [0.2, 0.25) is 0 Å². The van der Waals surface area contributed by atoms with Gasteiger partial charge in [0.15, 0.2) is 0 Å². The van der Waals surface area contributed by atoms with Gasteiger partial charge < -0.3 is 21.5 Å². The van der Waals surface area contributed by atoms with E-state index in [2.05, 4.69) is 5.32 Å². The Morgan fingerprint density at radius 1 is 1.41 bits per heavy atom. The molecule has 0 rings (SSSR count). The number of hydrogen-bond acceptors (Lipinski definition) is 5. The number of esters is 1. The molecule has 0 aromatic carbocycles. The SMILES string of the molecule is CC(N)CNC(CCCN)C(=O)OC(C)(C)C. The third-order valence-corrected chi connectivity index (χ3v) is 2.07. The van der Waals surface area contributed by atoms with Crippen molar-refractivity contribution in [2.45, 2.75) is 58.2 Å². The Morgan fingerprint density at radius 3 is 2.41 bits per heavy atom. The van der Waals surface area contributed by atoms with Gasteiger partial charge in [0.1, 0.15) is 11.6 Å². The normalized spacial score (nSPS) is 15.4.